The highest BCUT2D eigenvalue weighted by Crippen LogP contribution is 2.11. The molecule has 9 heteroatoms. The van der Waals surface area contributed by atoms with Gasteiger partial charge in [0.1, 0.15) is 11.8 Å². The lowest BCUT2D eigenvalue weighted by atomic mass is 10.1. The Labute approximate surface area is 170 Å². The van der Waals surface area contributed by atoms with Gasteiger partial charge in [-0.25, -0.2) is 24.5 Å². The molecule has 0 atom stereocenters. The van der Waals surface area contributed by atoms with Gasteiger partial charge in [-0.1, -0.05) is 36.4 Å². The number of nitrogens with one attached hydrogen (secondary N) is 1. The molecule has 150 valence electrons. The fourth-order valence-corrected chi connectivity index (χ4v) is 2.45. The third-order valence-electron chi connectivity index (χ3n) is 4.04. The Morgan fingerprint density at radius 3 is 1.73 bits per heavy atom. The molecule has 0 radical (unpaired) electrons. The van der Waals surface area contributed by atoms with E-state index in [1.165, 1.54) is 36.9 Å². The summed E-state index contributed by atoms with van der Waals surface area (Å²) in [5.41, 5.74) is 9.01. The molecule has 0 saturated carbocycles. The van der Waals surface area contributed by atoms with Crippen molar-refractivity contribution >= 4 is 41.1 Å². The number of rotatable bonds is 4. The minimum atomic E-state index is -0.954. The van der Waals surface area contributed by atoms with Gasteiger partial charge < -0.3 is 20.9 Å². The number of aromatic amines is 1. The van der Waals surface area contributed by atoms with Gasteiger partial charge >= 0.3 is 11.9 Å². The number of carbonyl (C=O) groups is 2. The average molecular weight is 403 g/mol. The minimum Gasteiger partial charge on any atom is -0.478 e. The van der Waals surface area contributed by atoms with Crippen LogP contribution in [0.4, 0.5) is 5.82 Å². The standard InChI is InChI=1S/C16H12O4.C5H5N5/c17-15(18)13-7-3-11(4-8-13)1-2-12-5-9-14(10-6-12)16(19)20;6-4-3-5(9-1-7-3)10-2-8-4/h1-10H,(H,17,18)(H,19,20);1-2H,(H3,6,7,8,9,10). The van der Waals surface area contributed by atoms with Crippen LogP contribution >= 0.6 is 0 Å². The SMILES string of the molecule is Nc1ncnc2nc[nH]c12.O=C(O)c1ccc(C=Cc2ccc(C(=O)O)cc2)cc1. The zero-order chi connectivity index (χ0) is 21.5. The van der Waals surface area contributed by atoms with Crippen molar-refractivity contribution in [3.8, 4) is 0 Å². The quantitative estimate of drug-likeness (QED) is 0.379. The van der Waals surface area contributed by atoms with Crippen LogP contribution in [0.15, 0.2) is 61.2 Å². The van der Waals surface area contributed by atoms with Crippen molar-refractivity contribution in [1.29, 1.82) is 0 Å². The molecule has 2 aromatic heterocycles. The Bertz CT molecular complexity index is 1140. The summed E-state index contributed by atoms with van der Waals surface area (Å²) in [6.07, 6.45) is 6.59. The predicted octanol–water partition coefficient (Wildman–Crippen LogP) is 3.19. The van der Waals surface area contributed by atoms with Crippen LogP contribution in [0.1, 0.15) is 31.8 Å². The lowest BCUT2D eigenvalue weighted by Crippen LogP contribution is -1.95. The van der Waals surface area contributed by atoms with Crippen LogP contribution < -0.4 is 5.73 Å². The van der Waals surface area contributed by atoms with Gasteiger partial charge in [-0.15, -0.1) is 0 Å². The first-order chi connectivity index (χ1) is 14.4. The van der Waals surface area contributed by atoms with Crippen molar-refractivity contribution in [3.05, 3.63) is 83.4 Å². The zero-order valence-corrected chi connectivity index (χ0v) is 15.6. The summed E-state index contributed by atoms with van der Waals surface area (Å²) in [6.45, 7) is 0. The van der Waals surface area contributed by atoms with Crippen LogP contribution in [0.5, 0.6) is 0 Å². The summed E-state index contributed by atoms with van der Waals surface area (Å²) in [4.78, 5) is 35.8. The third-order valence-corrected chi connectivity index (χ3v) is 4.04. The van der Waals surface area contributed by atoms with Crippen molar-refractivity contribution in [3.63, 3.8) is 0 Å². The maximum absolute atomic E-state index is 10.7. The smallest absolute Gasteiger partial charge is 0.335 e. The molecule has 0 saturated heterocycles. The summed E-state index contributed by atoms with van der Waals surface area (Å²) in [7, 11) is 0. The molecule has 0 spiro atoms. The highest BCUT2D eigenvalue weighted by molar-refractivity contribution is 5.89. The Balaban J connectivity index is 0.000000212. The fraction of sp³-hybridized carbons (Fsp3) is 0. The molecule has 0 aliphatic carbocycles. The molecule has 4 rings (SSSR count). The van der Waals surface area contributed by atoms with Gasteiger partial charge in [0.2, 0.25) is 0 Å². The van der Waals surface area contributed by atoms with Crippen LogP contribution in [0, 0.1) is 0 Å². The number of nitrogen functional groups attached to an aromatic ring is 1. The Morgan fingerprint density at radius 1 is 0.800 bits per heavy atom. The van der Waals surface area contributed by atoms with Crippen LogP contribution in [0.25, 0.3) is 23.3 Å². The molecule has 0 aliphatic heterocycles. The molecule has 5 N–H and O–H groups in total. The van der Waals surface area contributed by atoms with E-state index < -0.39 is 11.9 Å². The van der Waals surface area contributed by atoms with Gasteiger partial charge in [0.25, 0.3) is 0 Å². The molecule has 0 unspecified atom stereocenters. The largest absolute Gasteiger partial charge is 0.478 e. The van der Waals surface area contributed by atoms with Gasteiger partial charge in [-0.2, -0.15) is 0 Å². The van der Waals surface area contributed by atoms with Crippen LogP contribution in [0.2, 0.25) is 0 Å². The molecule has 2 aromatic carbocycles. The molecular weight excluding hydrogens is 386 g/mol. The summed E-state index contributed by atoms with van der Waals surface area (Å²) >= 11 is 0. The molecule has 9 nitrogen and oxygen atoms in total. The van der Waals surface area contributed by atoms with Gasteiger partial charge in [0.15, 0.2) is 11.5 Å². The van der Waals surface area contributed by atoms with Gasteiger partial charge in [-0.05, 0) is 35.4 Å². The highest BCUT2D eigenvalue weighted by Gasteiger charge is 2.01. The maximum Gasteiger partial charge on any atom is 0.335 e. The number of anilines is 1. The van der Waals surface area contributed by atoms with Crippen molar-refractivity contribution < 1.29 is 19.8 Å². The lowest BCUT2D eigenvalue weighted by Gasteiger charge is -1.97. The van der Waals surface area contributed by atoms with Crippen LogP contribution in [-0.2, 0) is 0 Å². The maximum atomic E-state index is 10.7. The molecule has 2 heterocycles. The summed E-state index contributed by atoms with van der Waals surface area (Å²) in [5, 5.41) is 17.6. The molecular formula is C21H17N5O4. The van der Waals surface area contributed by atoms with E-state index in [1.807, 2.05) is 12.2 Å². The Hall–Kier alpha value is -4.53. The number of nitrogens with zero attached hydrogens (tertiary/aromatic N) is 3. The predicted molar refractivity (Wildman–Crippen MR) is 112 cm³/mol. The second kappa shape index (κ2) is 9.11. The topological polar surface area (TPSA) is 155 Å². The number of carboxylic acids is 2. The van der Waals surface area contributed by atoms with Crippen LogP contribution in [-0.4, -0.2) is 42.1 Å². The Kier molecular flexibility index (Phi) is 6.14. The van der Waals surface area contributed by atoms with E-state index in [0.29, 0.717) is 17.0 Å². The third kappa shape index (κ3) is 5.04. The van der Waals surface area contributed by atoms with Gasteiger partial charge in [-0.3, -0.25) is 0 Å². The second-order valence-electron chi connectivity index (χ2n) is 6.05. The highest BCUT2D eigenvalue weighted by atomic mass is 16.4. The van der Waals surface area contributed by atoms with E-state index in [2.05, 4.69) is 19.9 Å². The molecule has 4 aromatic rings. The van der Waals surface area contributed by atoms with Crippen molar-refractivity contribution in [2.75, 3.05) is 5.73 Å². The van der Waals surface area contributed by atoms with E-state index >= 15 is 0 Å². The number of aromatic carboxylic acids is 2. The summed E-state index contributed by atoms with van der Waals surface area (Å²) in [6, 6.07) is 13.0. The van der Waals surface area contributed by atoms with Crippen molar-refractivity contribution in [1.82, 2.24) is 19.9 Å². The fourth-order valence-electron chi connectivity index (χ4n) is 2.45. The van der Waals surface area contributed by atoms with Crippen molar-refractivity contribution in [2.45, 2.75) is 0 Å². The van der Waals surface area contributed by atoms with E-state index in [-0.39, 0.29) is 11.1 Å². The van der Waals surface area contributed by atoms with Crippen LogP contribution in [0.3, 0.4) is 0 Å². The summed E-state index contributed by atoms with van der Waals surface area (Å²) < 4.78 is 0. The van der Waals surface area contributed by atoms with Crippen molar-refractivity contribution in [2.24, 2.45) is 0 Å². The van der Waals surface area contributed by atoms with Gasteiger partial charge in [0.05, 0.1) is 17.5 Å². The number of benzene rings is 2. The number of nitrogens with two attached hydrogens (primary N) is 1. The first-order valence-electron chi connectivity index (χ1n) is 8.68. The Morgan fingerprint density at radius 2 is 1.30 bits per heavy atom. The number of carboxylic acid groups (broad SMARTS) is 2. The molecule has 30 heavy (non-hydrogen) atoms. The first kappa shape index (κ1) is 20.2. The monoisotopic (exact) mass is 403 g/mol. The number of hydrogen-bond acceptors (Lipinski definition) is 6. The van der Waals surface area contributed by atoms with E-state index in [0.717, 1.165) is 11.1 Å². The minimum absolute atomic E-state index is 0.243. The van der Waals surface area contributed by atoms with E-state index in [1.54, 1.807) is 24.3 Å². The normalized spacial score (nSPS) is 10.5. The number of H-pyrrole nitrogens is 1. The molecule has 0 bridgehead atoms. The number of imidazole rings is 1. The number of aromatic nitrogens is 4. The average Bonchev–Trinajstić information content (AvgIpc) is 3.24. The van der Waals surface area contributed by atoms with E-state index in [9.17, 15) is 9.59 Å². The molecule has 0 aliphatic rings. The number of fused-ring (bicyclic) bond motifs is 1. The summed E-state index contributed by atoms with van der Waals surface area (Å²) in [5.74, 6) is -1.47. The van der Waals surface area contributed by atoms with E-state index in [4.69, 9.17) is 15.9 Å². The molecule has 0 fully saturated rings. The lowest BCUT2D eigenvalue weighted by molar-refractivity contribution is 0.0686. The zero-order valence-electron chi connectivity index (χ0n) is 15.6. The molecule has 0 amide bonds. The van der Waals surface area contributed by atoms with Gasteiger partial charge in [0, 0.05) is 0 Å². The first-order valence-corrected chi connectivity index (χ1v) is 8.68. The number of hydrogen-bond donors (Lipinski definition) is 4. The second-order valence-corrected chi connectivity index (χ2v) is 6.05.